The molecule has 1 saturated carbocycles. The van der Waals surface area contributed by atoms with Crippen molar-refractivity contribution < 1.29 is 4.74 Å². The maximum Gasteiger partial charge on any atom is 0.158 e. The first-order valence-corrected chi connectivity index (χ1v) is 7.43. The molecule has 0 spiro atoms. The molecular formula is C14H22ClN3O. The fourth-order valence-corrected chi connectivity index (χ4v) is 2.61. The van der Waals surface area contributed by atoms with Gasteiger partial charge in [0.2, 0.25) is 0 Å². The maximum absolute atomic E-state index is 6.02. The summed E-state index contributed by atoms with van der Waals surface area (Å²) in [6.07, 6.45) is 4.96. The Labute approximate surface area is 119 Å². The Morgan fingerprint density at radius 1 is 1.32 bits per heavy atom. The van der Waals surface area contributed by atoms with E-state index in [9.17, 15) is 0 Å². The number of aromatic nitrogens is 2. The van der Waals surface area contributed by atoms with Crippen molar-refractivity contribution in [3.63, 3.8) is 0 Å². The van der Waals surface area contributed by atoms with Gasteiger partial charge in [0.1, 0.15) is 17.6 Å². The van der Waals surface area contributed by atoms with E-state index in [1.165, 1.54) is 25.7 Å². The zero-order chi connectivity index (χ0) is 13.7. The molecule has 0 saturated heterocycles. The summed E-state index contributed by atoms with van der Waals surface area (Å²) >= 11 is 6.02. The Hall–Kier alpha value is -0.870. The number of rotatable bonds is 5. The molecule has 4 nitrogen and oxygen atoms in total. The number of hydrogen-bond donors (Lipinski definition) is 1. The smallest absolute Gasteiger partial charge is 0.158 e. The van der Waals surface area contributed by atoms with Crippen molar-refractivity contribution in [1.29, 1.82) is 0 Å². The van der Waals surface area contributed by atoms with Crippen LogP contribution in [0.15, 0.2) is 6.07 Å². The van der Waals surface area contributed by atoms with E-state index < -0.39 is 0 Å². The number of hydrogen-bond acceptors (Lipinski definition) is 4. The van der Waals surface area contributed by atoms with Gasteiger partial charge in [-0.3, -0.25) is 0 Å². The van der Waals surface area contributed by atoms with Crippen LogP contribution in [0.4, 0.5) is 5.82 Å². The van der Waals surface area contributed by atoms with Gasteiger partial charge in [-0.2, -0.15) is 0 Å². The largest absolute Gasteiger partial charge is 0.374 e. The van der Waals surface area contributed by atoms with Gasteiger partial charge in [-0.25, -0.2) is 9.97 Å². The lowest BCUT2D eigenvalue weighted by Gasteiger charge is -2.27. The molecule has 0 atom stereocenters. The Bertz CT molecular complexity index is 406. The highest BCUT2D eigenvalue weighted by Crippen LogP contribution is 2.26. The maximum atomic E-state index is 6.02. The molecule has 1 aromatic heterocycles. The quantitative estimate of drug-likeness (QED) is 0.838. The molecular weight excluding hydrogens is 262 g/mol. The van der Waals surface area contributed by atoms with E-state index in [-0.39, 0.29) is 0 Å². The molecule has 0 aromatic carbocycles. The van der Waals surface area contributed by atoms with Crippen LogP contribution in [0.1, 0.15) is 45.4 Å². The molecule has 0 bridgehead atoms. The van der Waals surface area contributed by atoms with Gasteiger partial charge in [-0.05, 0) is 38.5 Å². The Morgan fingerprint density at radius 2 is 2.05 bits per heavy atom. The van der Waals surface area contributed by atoms with E-state index >= 15 is 0 Å². The average Bonchev–Trinajstić information content (AvgIpc) is 2.38. The standard InChI is InChI=1S/C14H22ClN3O/c1-3-19-9-14-17-12(15)8-13(18-14)16-11-6-4-10(2)5-7-11/h8,10-11H,3-7,9H2,1-2H3,(H,16,17,18). The molecule has 0 amide bonds. The van der Waals surface area contributed by atoms with Crippen LogP contribution in [0.3, 0.4) is 0 Å². The number of ether oxygens (including phenoxy) is 1. The number of anilines is 1. The summed E-state index contributed by atoms with van der Waals surface area (Å²) < 4.78 is 5.32. The van der Waals surface area contributed by atoms with E-state index in [2.05, 4.69) is 22.2 Å². The van der Waals surface area contributed by atoms with Crippen molar-refractivity contribution in [3.8, 4) is 0 Å². The third-order valence-corrected chi connectivity index (χ3v) is 3.74. The monoisotopic (exact) mass is 283 g/mol. The van der Waals surface area contributed by atoms with Crippen molar-refractivity contribution in [2.24, 2.45) is 5.92 Å². The highest BCUT2D eigenvalue weighted by atomic mass is 35.5. The van der Waals surface area contributed by atoms with Gasteiger partial charge in [0.15, 0.2) is 5.82 Å². The van der Waals surface area contributed by atoms with Gasteiger partial charge in [0, 0.05) is 18.7 Å². The molecule has 106 valence electrons. The molecule has 1 aliphatic carbocycles. The molecule has 1 aromatic rings. The van der Waals surface area contributed by atoms with Gasteiger partial charge >= 0.3 is 0 Å². The third kappa shape index (κ3) is 4.62. The normalized spacial score (nSPS) is 23.3. The van der Waals surface area contributed by atoms with E-state index in [4.69, 9.17) is 16.3 Å². The number of halogens is 1. The first-order chi connectivity index (χ1) is 9.17. The molecule has 0 unspecified atom stereocenters. The van der Waals surface area contributed by atoms with E-state index in [0.29, 0.717) is 30.2 Å². The van der Waals surface area contributed by atoms with E-state index in [0.717, 1.165) is 11.7 Å². The van der Waals surface area contributed by atoms with Crippen LogP contribution in [0.2, 0.25) is 5.15 Å². The summed E-state index contributed by atoms with van der Waals surface area (Å²) in [4.78, 5) is 8.62. The fourth-order valence-electron chi connectivity index (χ4n) is 2.41. The van der Waals surface area contributed by atoms with Gasteiger partial charge < -0.3 is 10.1 Å². The summed E-state index contributed by atoms with van der Waals surface area (Å²) in [6, 6.07) is 2.29. The second-order valence-electron chi connectivity index (χ2n) is 5.23. The van der Waals surface area contributed by atoms with Crippen LogP contribution in [0, 0.1) is 5.92 Å². The summed E-state index contributed by atoms with van der Waals surface area (Å²) in [5, 5.41) is 3.94. The minimum absolute atomic E-state index is 0.410. The Kier molecular flexibility index (Phi) is 5.40. The fraction of sp³-hybridized carbons (Fsp3) is 0.714. The van der Waals surface area contributed by atoms with E-state index in [1.807, 2.05) is 6.92 Å². The first-order valence-electron chi connectivity index (χ1n) is 7.05. The summed E-state index contributed by atoms with van der Waals surface area (Å²) in [6.45, 7) is 5.33. The molecule has 0 aliphatic heterocycles. The topological polar surface area (TPSA) is 47.0 Å². The van der Waals surface area contributed by atoms with Crippen LogP contribution >= 0.6 is 11.6 Å². The van der Waals surface area contributed by atoms with Gasteiger partial charge in [-0.1, -0.05) is 18.5 Å². The number of nitrogens with zero attached hydrogens (tertiary/aromatic N) is 2. The minimum Gasteiger partial charge on any atom is -0.374 e. The Balaban J connectivity index is 1.97. The lowest BCUT2D eigenvalue weighted by molar-refractivity contribution is 0.128. The lowest BCUT2D eigenvalue weighted by atomic mass is 9.87. The van der Waals surface area contributed by atoms with Crippen LogP contribution in [0.25, 0.3) is 0 Å². The predicted octanol–water partition coefficient (Wildman–Crippen LogP) is 3.66. The average molecular weight is 284 g/mol. The summed E-state index contributed by atoms with van der Waals surface area (Å²) in [7, 11) is 0. The predicted molar refractivity (Wildman–Crippen MR) is 77.4 cm³/mol. The highest BCUT2D eigenvalue weighted by Gasteiger charge is 2.18. The number of nitrogens with one attached hydrogen (secondary N) is 1. The second kappa shape index (κ2) is 7.06. The molecule has 1 heterocycles. The van der Waals surface area contributed by atoms with Crippen LogP contribution in [-0.2, 0) is 11.3 Å². The van der Waals surface area contributed by atoms with Gasteiger partial charge in [0.25, 0.3) is 0 Å². The van der Waals surface area contributed by atoms with Crippen LogP contribution in [-0.4, -0.2) is 22.6 Å². The minimum atomic E-state index is 0.410. The van der Waals surface area contributed by atoms with Crippen molar-refractivity contribution in [3.05, 3.63) is 17.0 Å². The van der Waals surface area contributed by atoms with E-state index in [1.54, 1.807) is 6.07 Å². The summed E-state index contributed by atoms with van der Waals surface area (Å²) in [5.41, 5.74) is 0. The molecule has 0 radical (unpaired) electrons. The lowest BCUT2D eigenvalue weighted by Crippen LogP contribution is -2.25. The van der Waals surface area contributed by atoms with Crippen molar-refractivity contribution >= 4 is 17.4 Å². The second-order valence-corrected chi connectivity index (χ2v) is 5.62. The summed E-state index contributed by atoms with van der Waals surface area (Å²) in [5.74, 6) is 2.30. The molecule has 1 N–H and O–H groups in total. The third-order valence-electron chi connectivity index (χ3n) is 3.54. The Morgan fingerprint density at radius 3 is 2.74 bits per heavy atom. The first kappa shape index (κ1) is 14.5. The van der Waals surface area contributed by atoms with Crippen molar-refractivity contribution in [2.45, 2.75) is 52.2 Å². The van der Waals surface area contributed by atoms with Crippen LogP contribution in [0.5, 0.6) is 0 Å². The SMILES string of the molecule is CCOCc1nc(Cl)cc(NC2CCC(C)CC2)n1. The van der Waals surface area contributed by atoms with Crippen LogP contribution < -0.4 is 5.32 Å². The molecule has 5 heteroatoms. The van der Waals surface area contributed by atoms with Crippen molar-refractivity contribution in [2.75, 3.05) is 11.9 Å². The van der Waals surface area contributed by atoms with Gasteiger partial charge in [-0.15, -0.1) is 0 Å². The molecule has 1 aliphatic rings. The molecule has 19 heavy (non-hydrogen) atoms. The highest BCUT2D eigenvalue weighted by molar-refractivity contribution is 6.29. The van der Waals surface area contributed by atoms with Gasteiger partial charge in [0.05, 0.1) is 0 Å². The van der Waals surface area contributed by atoms with Crippen molar-refractivity contribution in [1.82, 2.24) is 9.97 Å². The zero-order valence-electron chi connectivity index (χ0n) is 11.7. The molecule has 2 rings (SSSR count). The zero-order valence-corrected chi connectivity index (χ0v) is 12.4. The molecule has 1 fully saturated rings.